The molecular weight excluding hydrogens is 282 g/mol. The third-order valence-electron chi connectivity index (χ3n) is 3.29. The molecule has 1 aliphatic rings. The first-order valence-corrected chi connectivity index (χ1v) is 6.50. The quantitative estimate of drug-likeness (QED) is 0.632. The molecule has 106 valence electrons. The highest BCUT2D eigenvalue weighted by Gasteiger charge is 2.36. The Morgan fingerprint density at radius 2 is 2.10 bits per heavy atom. The molecular formula is C14H14ClNO4. The summed E-state index contributed by atoms with van der Waals surface area (Å²) in [6, 6.07) is 4.76. The van der Waals surface area contributed by atoms with E-state index in [-0.39, 0.29) is 24.7 Å². The Labute approximate surface area is 121 Å². The van der Waals surface area contributed by atoms with Crippen molar-refractivity contribution in [1.82, 2.24) is 0 Å². The van der Waals surface area contributed by atoms with Crippen LogP contribution in [0.5, 0.6) is 0 Å². The van der Waals surface area contributed by atoms with Gasteiger partial charge in [0.15, 0.2) is 5.78 Å². The molecule has 5 nitrogen and oxygen atoms in total. The SMILES string of the molecule is COC(=O)C1CC(=O)N(c2ccc(Cl)cc2C(C)=O)C1. The minimum Gasteiger partial charge on any atom is -0.469 e. The van der Waals surface area contributed by atoms with Gasteiger partial charge < -0.3 is 9.64 Å². The zero-order valence-electron chi connectivity index (χ0n) is 11.2. The van der Waals surface area contributed by atoms with Crippen molar-refractivity contribution in [3.05, 3.63) is 28.8 Å². The van der Waals surface area contributed by atoms with Crippen LogP contribution >= 0.6 is 11.6 Å². The Balaban J connectivity index is 2.35. The van der Waals surface area contributed by atoms with Crippen LogP contribution in [0.2, 0.25) is 5.02 Å². The average Bonchev–Trinajstić information content (AvgIpc) is 2.79. The van der Waals surface area contributed by atoms with E-state index in [9.17, 15) is 14.4 Å². The molecule has 0 radical (unpaired) electrons. The van der Waals surface area contributed by atoms with E-state index in [1.807, 2.05) is 0 Å². The first-order valence-electron chi connectivity index (χ1n) is 6.12. The first kappa shape index (κ1) is 14.5. The lowest BCUT2D eigenvalue weighted by Crippen LogP contribution is -2.27. The number of anilines is 1. The van der Waals surface area contributed by atoms with E-state index in [2.05, 4.69) is 4.74 Å². The maximum atomic E-state index is 12.0. The lowest BCUT2D eigenvalue weighted by molar-refractivity contribution is -0.145. The first-order chi connectivity index (χ1) is 9.43. The Kier molecular flexibility index (Phi) is 4.09. The number of amides is 1. The van der Waals surface area contributed by atoms with Crippen LogP contribution in [0.4, 0.5) is 5.69 Å². The number of hydrogen-bond donors (Lipinski definition) is 0. The van der Waals surface area contributed by atoms with Crippen LogP contribution < -0.4 is 4.90 Å². The number of hydrogen-bond acceptors (Lipinski definition) is 4. The van der Waals surface area contributed by atoms with E-state index in [1.54, 1.807) is 12.1 Å². The standard InChI is InChI=1S/C14H14ClNO4/c1-8(17)11-6-10(15)3-4-12(11)16-7-9(5-13(16)18)14(19)20-2/h3-4,6,9H,5,7H2,1-2H3. The maximum absolute atomic E-state index is 12.0. The summed E-state index contributed by atoms with van der Waals surface area (Å²) >= 11 is 5.88. The van der Waals surface area contributed by atoms with Crippen LogP contribution in [0.25, 0.3) is 0 Å². The monoisotopic (exact) mass is 295 g/mol. The molecule has 6 heteroatoms. The van der Waals surface area contributed by atoms with E-state index in [1.165, 1.54) is 25.0 Å². The zero-order valence-corrected chi connectivity index (χ0v) is 11.9. The van der Waals surface area contributed by atoms with E-state index >= 15 is 0 Å². The van der Waals surface area contributed by atoms with E-state index in [4.69, 9.17) is 11.6 Å². The van der Waals surface area contributed by atoms with Gasteiger partial charge in [0.05, 0.1) is 18.7 Å². The van der Waals surface area contributed by atoms with Crippen molar-refractivity contribution in [1.29, 1.82) is 0 Å². The summed E-state index contributed by atoms with van der Waals surface area (Å²) in [5, 5.41) is 0.426. The molecule has 1 heterocycles. The summed E-state index contributed by atoms with van der Waals surface area (Å²) in [5.41, 5.74) is 0.856. The van der Waals surface area contributed by atoms with Crippen LogP contribution in [-0.4, -0.2) is 31.3 Å². The predicted octanol–water partition coefficient (Wildman–Crippen LogP) is 2.07. The number of halogens is 1. The molecule has 0 N–H and O–H groups in total. The molecule has 0 aromatic heterocycles. The van der Waals surface area contributed by atoms with Gasteiger partial charge in [-0.25, -0.2) is 0 Å². The fourth-order valence-corrected chi connectivity index (χ4v) is 2.46. The maximum Gasteiger partial charge on any atom is 0.311 e. The van der Waals surface area contributed by atoms with E-state index in [0.717, 1.165) is 0 Å². The molecule has 2 rings (SSSR count). The van der Waals surface area contributed by atoms with Gasteiger partial charge in [-0.1, -0.05) is 11.6 Å². The summed E-state index contributed by atoms with van der Waals surface area (Å²) in [7, 11) is 1.29. The van der Waals surface area contributed by atoms with Gasteiger partial charge in [0.2, 0.25) is 5.91 Å². The number of carbonyl (C=O) groups excluding carboxylic acids is 3. The predicted molar refractivity (Wildman–Crippen MR) is 73.9 cm³/mol. The van der Waals surface area contributed by atoms with Crippen molar-refractivity contribution < 1.29 is 19.1 Å². The number of carbonyl (C=O) groups is 3. The summed E-state index contributed by atoms with van der Waals surface area (Å²) < 4.78 is 4.66. The third-order valence-corrected chi connectivity index (χ3v) is 3.52. The molecule has 0 saturated carbocycles. The minimum absolute atomic E-state index is 0.0899. The molecule has 1 fully saturated rings. The molecule has 1 aliphatic heterocycles. The minimum atomic E-state index is -0.497. The van der Waals surface area contributed by atoms with Crippen LogP contribution in [-0.2, 0) is 14.3 Å². The summed E-state index contributed by atoms with van der Waals surface area (Å²) in [4.78, 5) is 36.7. The van der Waals surface area contributed by atoms with Gasteiger partial charge >= 0.3 is 5.97 Å². The summed E-state index contributed by atoms with van der Waals surface area (Å²) in [6.45, 7) is 1.63. The lowest BCUT2D eigenvalue weighted by Gasteiger charge is -2.19. The molecule has 20 heavy (non-hydrogen) atoms. The average molecular weight is 296 g/mol. The smallest absolute Gasteiger partial charge is 0.311 e. The Morgan fingerprint density at radius 1 is 1.40 bits per heavy atom. The molecule has 1 aromatic carbocycles. The molecule has 1 saturated heterocycles. The summed E-state index contributed by atoms with van der Waals surface area (Å²) in [5.74, 6) is -1.30. The number of nitrogens with zero attached hydrogens (tertiary/aromatic N) is 1. The van der Waals surface area contributed by atoms with Crippen LogP contribution in [0, 0.1) is 5.92 Å². The number of esters is 1. The van der Waals surface area contributed by atoms with Gasteiger partial charge in [-0.3, -0.25) is 14.4 Å². The van der Waals surface area contributed by atoms with Crippen LogP contribution in [0.3, 0.4) is 0 Å². The van der Waals surface area contributed by atoms with Gasteiger partial charge in [0, 0.05) is 23.6 Å². The molecule has 1 atom stereocenters. The van der Waals surface area contributed by atoms with E-state index < -0.39 is 11.9 Å². The van der Waals surface area contributed by atoms with Crippen molar-refractivity contribution >= 4 is 34.9 Å². The van der Waals surface area contributed by atoms with Crippen molar-refractivity contribution in [2.45, 2.75) is 13.3 Å². The fourth-order valence-electron chi connectivity index (χ4n) is 2.29. The largest absolute Gasteiger partial charge is 0.469 e. The number of methoxy groups -OCH3 is 1. The number of Topliss-reactive ketones (excluding diaryl/α,β-unsaturated/α-hetero) is 1. The topological polar surface area (TPSA) is 63.7 Å². The van der Waals surface area contributed by atoms with Gasteiger partial charge in [-0.05, 0) is 25.1 Å². The van der Waals surface area contributed by atoms with Crippen molar-refractivity contribution in [3.63, 3.8) is 0 Å². The highest BCUT2D eigenvalue weighted by molar-refractivity contribution is 6.31. The zero-order chi connectivity index (χ0) is 14.9. The number of rotatable bonds is 3. The molecule has 0 aliphatic carbocycles. The fraction of sp³-hybridized carbons (Fsp3) is 0.357. The number of benzene rings is 1. The van der Waals surface area contributed by atoms with Crippen LogP contribution in [0.15, 0.2) is 18.2 Å². The number of ketones is 1. The molecule has 1 unspecified atom stereocenters. The highest BCUT2D eigenvalue weighted by atomic mass is 35.5. The Hall–Kier alpha value is -1.88. The van der Waals surface area contributed by atoms with Crippen molar-refractivity contribution in [2.75, 3.05) is 18.6 Å². The molecule has 0 spiro atoms. The van der Waals surface area contributed by atoms with Crippen molar-refractivity contribution in [3.8, 4) is 0 Å². The van der Waals surface area contributed by atoms with Gasteiger partial charge in [0.25, 0.3) is 0 Å². The van der Waals surface area contributed by atoms with Crippen LogP contribution in [0.1, 0.15) is 23.7 Å². The van der Waals surface area contributed by atoms with E-state index in [0.29, 0.717) is 16.3 Å². The van der Waals surface area contributed by atoms with Gasteiger partial charge in [-0.2, -0.15) is 0 Å². The molecule has 0 bridgehead atoms. The second kappa shape index (κ2) is 5.63. The second-order valence-corrected chi connectivity index (χ2v) is 5.08. The Morgan fingerprint density at radius 3 is 2.70 bits per heavy atom. The van der Waals surface area contributed by atoms with Gasteiger partial charge in [-0.15, -0.1) is 0 Å². The normalized spacial score (nSPS) is 18.2. The Bertz CT molecular complexity index is 585. The van der Waals surface area contributed by atoms with Gasteiger partial charge in [0.1, 0.15) is 0 Å². The number of ether oxygens (including phenoxy) is 1. The molecule has 1 amide bonds. The van der Waals surface area contributed by atoms with Crippen molar-refractivity contribution in [2.24, 2.45) is 5.92 Å². The third kappa shape index (κ3) is 2.67. The second-order valence-electron chi connectivity index (χ2n) is 4.65. The highest BCUT2D eigenvalue weighted by Crippen LogP contribution is 2.30. The summed E-state index contributed by atoms with van der Waals surface area (Å²) in [6.07, 6.45) is 0.0899. The lowest BCUT2D eigenvalue weighted by atomic mass is 10.1. The molecule has 1 aromatic rings.